The van der Waals surface area contributed by atoms with E-state index in [1.54, 1.807) is 13.8 Å². The highest BCUT2D eigenvalue weighted by Crippen LogP contribution is 2.37. The van der Waals surface area contributed by atoms with Crippen LogP contribution in [0.5, 0.6) is 5.75 Å². The Balaban J connectivity index is 2.17. The molecule has 1 aliphatic heterocycles. The summed E-state index contributed by atoms with van der Waals surface area (Å²) in [5.41, 5.74) is -0.353. The molecule has 2 N–H and O–H groups in total. The van der Waals surface area contributed by atoms with Crippen LogP contribution in [0.4, 0.5) is 15.8 Å². The van der Waals surface area contributed by atoms with Crippen LogP contribution >= 0.6 is 0 Å². The summed E-state index contributed by atoms with van der Waals surface area (Å²) in [5.74, 6) is -1.26. The van der Waals surface area contributed by atoms with Crippen LogP contribution in [0.2, 0.25) is 0 Å². The van der Waals surface area contributed by atoms with E-state index in [0.29, 0.717) is 11.1 Å². The maximum absolute atomic E-state index is 14.3. The third-order valence-corrected chi connectivity index (χ3v) is 3.85. The van der Waals surface area contributed by atoms with Gasteiger partial charge in [-0.1, -0.05) is 0 Å². The molecule has 3 rings (SSSR count). The largest absolute Gasteiger partial charge is 0.491 e. The number of amides is 1. The van der Waals surface area contributed by atoms with Gasteiger partial charge in [0.25, 0.3) is 16.8 Å². The molecule has 1 aliphatic rings. The Morgan fingerprint density at radius 3 is 2.55 bits per heavy atom. The first-order chi connectivity index (χ1) is 10.4. The number of carbonyl (C=O) groups is 1. The van der Waals surface area contributed by atoms with Crippen molar-refractivity contribution in [3.63, 3.8) is 0 Å². The normalized spacial score (nSPS) is 16.5. The van der Waals surface area contributed by atoms with Crippen LogP contribution in [0.15, 0.2) is 15.7 Å². The summed E-state index contributed by atoms with van der Waals surface area (Å²) < 4.78 is 19.1. The number of methoxy groups -OCH3 is 1. The molecule has 0 saturated heterocycles. The van der Waals surface area contributed by atoms with Crippen LogP contribution in [0, 0.1) is 12.7 Å². The Hall–Kier alpha value is -2.70. The van der Waals surface area contributed by atoms with Crippen molar-refractivity contribution >= 4 is 17.3 Å². The molecular weight excluding hydrogens is 291 g/mol. The Morgan fingerprint density at radius 2 is 1.91 bits per heavy atom. The zero-order valence-electron chi connectivity index (χ0n) is 12.2. The highest BCUT2D eigenvalue weighted by Gasteiger charge is 2.33. The molecule has 2 aromatic rings. The minimum atomic E-state index is -0.794. The van der Waals surface area contributed by atoms with Crippen LogP contribution in [-0.4, -0.2) is 13.0 Å². The lowest BCUT2D eigenvalue weighted by Gasteiger charge is -2.16. The molecule has 2 aromatic carbocycles. The maximum Gasteiger partial charge on any atom is 0.272 e. The van der Waals surface area contributed by atoms with E-state index in [-0.39, 0.29) is 28.7 Å². The van der Waals surface area contributed by atoms with E-state index in [1.165, 1.54) is 13.2 Å². The van der Waals surface area contributed by atoms with Gasteiger partial charge in [-0.15, -0.1) is 0 Å². The van der Waals surface area contributed by atoms with Crippen LogP contribution in [0.3, 0.4) is 0 Å². The second kappa shape index (κ2) is 4.66. The molecule has 6 nitrogen and oxygen atoms in total. The number of anilines is 2. The average molecular weight is 304 g/mol. The van der Waals surface area contributed by atoms with Gasteiger partial charge in [0.2, 0.25) is 0 Å². The Kier molecular flexibility index (Phi) is 3.01. The predicted octanol–water partition coefficient (Wildman–Crippen LogP) is 1.29. The predicted molar refractivity (Wildman–Crippen MR) is 78.2 cm³/mol. The van der Waals surface area contributed by atoms with Crippen molar-refractivity contribution in [3.8, 4) is 5.75 Å². The van der Waals surface area contributed by atoms with Gasteiger partial charge in [0.15, 0.2) is 5.75 Å². The second-order valence-corrected chi connectivity index (χ2v) is 5.23. The van der Waals surface area contributed by atoms with Crippen molar-refractivity contribution in [3.05, 3.63) is 49.0 Å². The molecule has 0 unspecified atom stereocenters. The van der Waals surface area contributed by atoms with E-state index >= 15 is 0 Å². The minimum Gasteiger partial charge on any atom is -0.491 e. The molecule has 0 aliphatic carbocycles. The zero-order chi connectivity index (χ0) is 16.2. The molecule has 7 heteroatoms. The van der Waals surface area contributed by atoms with Crippen LogP contribution < -0.4 is 26.2 Å². The highest BCUT2D eigenvalue weighted by molar-refractivity contribution is 6.05. The first-order valence-corrected chi connectivity index (χ1v) is 6.65. The van der Waals surface area contributed by atoms with Crippen LogP contribution in [-0.2, 0) is 0 Å². The number of hydrogen-bond acceptors (Lipinski definition) is 5. The molecule has 1 atom stereocenters. The summed E-state index contributed by atoms with van der Waals surface area (Å²) in [6.07, 6.45) is 0. The van der Waals surface area contributed by atoms with Gasteiger partial charge in [-0.25, -0.2) is 4.39 Å². The number of rotatable bonds is 3. The van der Waals surface area contributed by atoms with Crippen molar-refractivity contribution in [2.24, 2.45) is 0 Å². The number of benzene rings is 1. The van der Waals surface area contributed by atoms with Crippen LogP contribution in [0.25, 0.3) is 0 Å². The number of halogens is 1. The van der Waals surface area contributed by atoms with E-state index in [4.69, 9.17) is 4.74 Å². The quantitative estimate of drug-likeness (QED) is 0.835. The second-order valence-electron chi connectivity index (χ2n) is 5.23. The fraction of sp³-hybridized carbons (Fsp3) is 0.267. The average Bonchev–Trinajstić information content (AvgIpc) is 2.76. The van der Waals surface area contributed by atoms with E-state index in [2.05, 4.69) is 10.6 Å². The molecule has 0 spiro atoms. The smallest absolute Gasteiger partial charge is 0.272 e. The van der Waals surface area contributed by atoms with E-state index in [9.17, 15) is 18.8 Å². The molecule has 0 aromatic heterocycles. The lowest BCUT2D eigenvalue weighted by atomic mass is 9.97. The van der Waals surface area contributed by atoms with Crippen molar-refractivity contribution in [2.45, 2.75) is 19.9 Å². The van der Waals surface area contributed by atoms with Crippen molar-refractivity contribution in [1.29, 1.82) is 0 Å². The standard InChI is InChI=1S/C15H13FN2O4/c1-5-4-7(16)10(9-8(5)6(2)17-15(9)21)18-11-12(19)13(20)14(11)22-3/h4,6,18H,1-3H3,(H,17,21)/t6-/m0/s1. The molecule has 1 heterocycles. The molecule has 0 saturated carbocycles. The van der Waals surface area contributed by atoms with Gasteiger partial charge in [0.05, 0.1) is 24.4 Å². The Morgan fingerprint density at radius 1 is 1.23 bits per heavy atom. The third kappa shape index (κ3) is 1.75. The number of fused-ring (bicyclic) bond motifs is 1. The third-order valence-electron chi connectivity index (χ3n) is 3.85. The van der Waals surface area contributed by atoms with Gasteiger partial charge in [0, 0.05) is 0 Å². The topological polar surface area (TPSA) is 84.5 Å². The summed E-state index contributed by atoms with van der Waals surface area (Å²) in [4.78, 5) is 35.0. The Bertz CT molecular complexity index is 881. The van der Waals surface area contributed by atoms with Crippen molar-refractivity contribution in [1.82, 2.24) is 5.32 Å². The molecule has 0 radical (unpaired) electrons. The zero-order valence-corrected chi connectivity index (χ0v) is 12.2. The van der Waals surface area contributed by atoms with Gasteiger partial charge in [0.1, 0.15) is 11.5 Å². The molecular formula is C15H13FN2O4. The molecule has 1 amide bonds. The lowest BCUT2D eigenvalue weighted by Crippen LogP contribution is -2.34. The first-order valence-electron chi connectivity index (χ1n) is 6.65. The van der Waals surface area contributed by atoms with Crippen molar-refractivity contribution < 1.29 is 13.9 Å². The molecule has 0 fully saturated rings. The summed E-state index contributed by atoms with van der Waals surface area (Å²) in [5, 5.41) is 5.26. The van der Waals surface area contributed by atoms with Gasteiger partial charge in [-0.3, -0.25) is 14.4 Å². The van der Waals surface area contributed by atoms with Gasteiger partial charge in [-0.2, -0.15) is 0 Å². The number of ether oxygens (including phenoxy) is 1. The molecule has 0 bridgehead atoms. The van der Waals surface area contributed by atoms with E-state index in [0.717, 1.165) is 0 Å². The number of aryl methyl sites for hydroxylation is 1. The number of nitrogens with one attached hydrogen (secondary N) is 2. The van der Waals surface area contributed by atoms with Gasteiger partial charge < -0.3 is 15.4 Å². The summed E-state index contributed by atoms with van der Waals surface area (Å²) in [7, 11) is 1.24. The van der Waals surface area contributed by atoms with Gasteiger partial charge >= 0.3 is 0 Å². The van der Waals surface area contributed by atoms with E-state index in [1.807, 2.05) is 0 Å². The summed E-state index contributed by atoms with van der Waals surface area (Å²) in [6.45, 7) is 3.50. The number of hydrogen-bond donors (Lipinski definition) is 2. The monoisotopic (exact) mass is 304 g/mol. The molecule has 114 valence electrons. The maximum atomic E-state index is 14.3. The van der Waals surface area contributed by atoms with Crippen molar-refractivity contribution in [2.75, 3.05) is 12.4 Å². The number of carbonyl (C=O) groups excluding carboxylic acids is 1. The Labute approximate surface area is 124 Å². The SMILES string of the molecule is COc1c(Nc2c(F)cc(C)c3c2C(=O)N[C@H]3C)c(=O)c1=O. The first kappa shape index (κ1) is 14.2. The fourth-order valence-electron chi connectivity index (χ4n) is 2.85. The van der Waals surface area contributed by atoms with Gasteiger partial charge in [-0.05, 0) is 31.0 Å². The van der Waals surface area contributed by atoms with Crippen LogP contribution in [0.1, 0.15) is 34.5 Å². The summed E-state index contributed by atoms with van der Waals surface area (Å²) in [6, 6.07) is 1.04. The summed E-state index contributed by atoms with van der Waals surface area (Å²) >= 11 is 0. The minimum absolute atomic E-state index is 0.118. The lowest BCUT2D eigenvalue weighted by molar-refractivity contribution is 0.0959. The highest BCUT2D eigenvalue weighted by atomic mass is 19.1. The van der Waals surface area contributed by atoms with E-state index < -0.39 is 22.6 Å². The fourth-order valence-corrected chi connectivity index (χ4v) is 2.85. The molecule has 22 heavy (non-hydrogen) atoms.